The van der Waals surface area contributed by atoms with E-state index in [1.807, 2.05) is 0 Å². The van der Waals surface area contributed by atoms with Crippen LogP contribution in [0.4, 0.5) is 0 Å². The predicted octanol–water partition coefficient (Wildman–Crippen LogP) is 19.5. The van der Waals surface area contributed by atoms with Gasteiger partial charge in [-0.1, -0.05) is 303 Å². The molecule has 386 valence electrons. The van der Waals surface area contributed by atoms with Gasteiger partial charge in [-0.25, -0.2) is 0 Å². The molecule has 0 heterocycles. The van der Waals surface area contributed by atoms with Crippen LogP contribution < -0.4 is 0 Å². The number of carbonyl (C=O) groups excluding carboxylic acids is 3. The summed E-state index contributed by atoms with van der Waals surface area (Å²) < 4.78 is 16.8. The van der Waals surface area contributed by atoms with Crippen molar-refractivity contribution in [2.24, 2.45) is 0 Å². The maximum atomic E-state index is 12.8. The van der Waals surface area contributed by atoms with Gasteiger partial charge in [-0.3, -0.25) is 14.4 Å². The second kappa shape index (κ2) is 55.0. The number of ether oxygens (including phenoxy) is 3. The monoisotopic (exact) mass is 919 g/mol. The molecule has 0 radical (unpaired) electrons. The molecule has 0 saturated carbocycles. The standard InChI is InChI=1S/C59H114O6/c1-4-7-10-13-16-18-20-22-24-26-28-30-32-34-36-38-40-43-46-49-52-58(61)64-55-56(54-63-57(60)51-48-45-42-15-12-9-6-3)65-59(62)53-50-47-44-41-39-37-35-33-31-29-27-25-23-21-19-17-14-11-8-5-2/h56H,4-55H2,1-3H3. The van der Waals surface area contributed by atoms with Crippen molar-refractivity contribution >= 4 is 17.9 Å². The fourth-order valence-corrected chi connectivity index (χ4v) is 9.15. The van der Waals surface area contributed by atoms with Crippen molar-refractivity contribution in [2.75, 3.05) is 13.2 Å². The van der Waals surface area contributed by atoms with Gasteiger partial charge in [-0.2, -0.15) is 0 Å². The van der Waals surface area contributed by atoms with E-state index < -0.39 is 6.10 Å². The van der Waals surface area contributed by atoms with Crippen LogP contribution in [0.3, 0.4) is 0 Å². The second-order valence-electron chi connectivity index (χ2n) is 20.3. The summed E-state index contributed by atoms with van der Waals surface area (Å²) in [5.74, 6) is -0.841. The van der Waals surface area contributed by atoms with Gasteiger partial charge in [0.05, 0.1) is 0 Å². The highest BCUT2D eigenvalue weighted by molar-refractivity contribution is 5.71. The van der Waals surface area contributed by atoms with Gasteiger partial charge < -0.3 is 14.2 Å². The van der Waals surface area contributed by atoms with Crippen molar-refractivity contribution in [3.8, 4) is 0 Å². The van der Waals surface area contributed by atoms with Gasteiger partial charge >= 0.3 is 17.9 Å². The van der Waals surface area contributed by atoms with Crippen LogP contribution in [0.25, 0.3) is 0 Å². The Balaban J connectivity index is 4.11. The van der Waals surface area contributed by atoms with E-state index in [9.17, 15) is 14.4 Å². The molecule has 0 aliphatic rings. The third-order valence-corrected chi connectivity index (χ3v) is 13.6. The smallest absolute Gasteiger partial charge is 0.306 e. The zero-order chi connectivity index (χ0) is 47.2. The first-order valence-corrected chi connectivity index (χ1v) is 29.5. The zero-order valence-electron chi connectivity index (χ0n) is 44.3. The Labute approximate surface area is 406 Å². The molecule has 0 N–H and O–H groups in total. The average molecular weight is 920 g/mol. The van der Waals surface area contributed by atoms with Gasteiger partial charge in [0.2, 0.25) is 0 Å². The van der Waals surface area contributed by atoms with Crippen molar-refractivity contribution in [3.63, 3.8) is 0 Å². The fourth-order valence-electron chi connectivity index (χ4n) is 9.15. The Morgan fingerprint density at radius 1 is 0.246 bits per heavy atom. The SMILES string of the molecule is CCCCCCCCCCCCCCCCCCCCCCC(=O)OCC(COC(=O)CCCCCCCCC)OC(=O)CCCCCCCCCCCCCCCCCCCCCC. The molecule has 0 fully saturated rings. The van der Waals surface area contributed by atoms with Crippen molar-refractivity contribution in [1.82, 2.24) is 0 Å². The van der Waals surface area contributed by atoms with E-state index in [-0.39, 0.29) is 31.1 Å². The van der Waals surface area contributed by atoms with Crippen molar-refractivity contribution in [1.29, 1.82) is 0 Å². The third-order valence-electron chi connectivity index (χ3n) is 13.6. The van der Waals surface area contributed by atoms with Crippen LogP contribution >= 0.6 is 0 Å². The lowest BCUT2D eigenvalue weighted by molar-refractivity contribution is -0.167. The molecular formula is C59H114O6. The molecule has 0 aromatic carbocycles. The molecule has 0 aliphatic carbocycles. The predicted molar refractivity (Wildman–Crippen MR) is 280 cm³/mol. The van der Waals surface area contributed by atoms with E-state index in [1.165, 1.54) is 244 Å². The second-order valence-corrected chi connectivity index (χ2v) is 20.3. The summed E-state index contributed by atoms with van der Waals surface area (Å²) in [5, 5.41) is 0. The molecule has 0 rings (SSSR count). The molecule has 6 heteroatoms. The lowest BCUT2D eigenvalue weighted by atomic mass is 10.0. The molecule has 1 atom stereocenters. The minimum absolute atomic E-state index is 0.0618. The van der Waals surface area contributed by atoms with E-state index in [4.69, 9.17) is 14.2 Å². The van der Waals surface area contributed by atoms with Crippen LogP contribution in [0.15, 0.2) is 0 Å². The first-order chi connectivity index (χ1) is 32.0. The maximum absolute atomic E-state index is 12.8. The first-order valence-electron chi connectivity index (χ1n) is 29.5. The van der Waals surface area contributed by atoms with E-state index in [0.717, 1.165) is 57.8 Å². The van der Waals surface area contributed by atoms with Gasteiger partial charge in [0.15, 0.2) is 6.10 Å². The molecule has 0 saturated heterocycles. The highest BCUT2D eigenvalue weighted by Gasteiger charge is 2.19. The van der Waals surface area contributed by atoms with Crippen LogP contribution in [-0.4, -0.2) is 37.2 Å². The molecule has 0 aromatic rings. The number of unbranched alkanes of at least 4 members (excludes halogenated alkanes) is 44. The number of hydrogen-bond acceptors (Lipinski definition) is 6. The van der Waals surface area contributed by atoms with E-state index >= 15 is 0 Å². The number of carbonyl (C=O) groups is 3. The summed E-state index contributed by atoms with van der Waals surface area (Å²) in [6, 6.07) is 0. The van der Waals surface area contributed by atoms with Gasteiger partial charge in [0, 0.05) is 19.3 Å². The van der Waals surface area contributed by atoms with E-state index in [0.29, 0.717) is 19.3 Å². The lowest BCUT2D eigenvalue weighted by Gasteiger charge is -2.18. The molecule has 65 heavy (non-hydrogen) atoms. The lowest BCUT2D eigenvalue weighted by Crippen LogP contribution is -2.30. The summed E-state index contributed by atoms with van der Waals surface area (Å²) in [6.45, 7) is 6.67. The van der Waals surface area contributed by atoms with Gasteiger partial charge in [-0.05, 0) is 19.3 Å². The van der Waals surface area contributed by atoms with Gasteiger partial charge in [-0.15, -0.1) is 0 Å². The molecule has 1 unspecified atom stereocenters. The van der Waals surface area contributed by atoms with Crippen LogP contribution in [0.5, 0.6) is 0 Å². The fraction of sp³-hybridized carbons (Fsp3) is 0.949. The molecular weight excluding hydrogens is 805 g/mol. The number of rotatable bonds is 55. The molecule has 0 aliphatic heterocycles. The Morgan fingerprint density at radius 2 is 0.415 bits per heavy atom. The van der Waals surface area contributed by atoms with Crippen LogP contribution in [0, 0.1) is 0 Å². The van der Waals surface area contributed by atoms with Crippen molar-refractivity contribution < 1.29 is 28.6 Å². The Bertz CT molecular complexity index is 967. The number of esters is 3. The highest BCUT2D eigenvalue weighted by atomic mass is 16.6. The van der Waals surface area contributed by atoms with Gasteiger partial charge in [0.25, 0.3) is 0 Å². The van der Waals surface area contributed by atoms with Crippen LogP contribution in [0.1, 0.15) is 342 Å². The normalized spacial score (nSPS) is 11.9. The minimum atomic E-state index is -0.760. The largest absolute Gasteiger partial charge is 0.462 e. The topological polar surface area (TPSA) is 78.9 Å². The van der Waals surface area contributed by atoms with Crippen LogP contribution in [-0.2, 0) is 28.6 Å². The third kappa shape index (κ3) is 53.2. The molecule has 0 amide bonds. The maximum Gasteiger partial charge on any atom is 0.306 e. The summed E-state index contributed by atoms with van der Waals surface area (Å²) in [6.07, 6.45) is 61.2. The van der Waals surface area contributed by atoms with Crippen molar-refractivity contribution in [3.05, 3.63) is 0 Å². The van der Waals surface area contributed by atoms with Gasteiger partial charge in [0.1, 0.15) is 13.2 Å². The molecule has 6 nitrogen and oxygen atoms in total. The first kappa shape index (κ1) is 63.4. The van der Waals surface area contributed by atoms with Crippen LogP contribution in [0.2, 0.25) is 0 Å². The average Bonchev–Trinajstić information content (AvgIpc) is 3.30. The quantitative estimate of drug-likeness (QED) is 0.0344. The summed E-state index contributed by atoms with van der Waals surface area (Å²) in [4.78, 5) is 38.0. The molecule has 0 bridgehead atoms. The zero-order valence-corrected chi connectivity index (χ0v) is 44.3. The number of hydrogen-bond donors (Lipinski definition) is 0. The molecule has 0 spiro atoms. The molecule has 0 aromatic heterocycles. The van der Waals surface area contributed by atoms with Crippen molar-refractivity contribution in [2.45, 2.75) is 348 Å². The summed E-state index contributed by atoms with van der Waals surface area (Å²) in [7, 11) is 0. The summed E-state index contributed by atoms with van der Waals surface area (Å²) in [5.41, 5.74) is 0. The van der Waals surface area contributed by atoms with E-state index in [1.54, 1.807) is 0 Å². The minimum Gasteiger partial charge on any atom is -0.462 e. The Kier molecular flexibility index (Phi) is 53.7. The Hall–Kier alpha value is -1.59. The highest BCUT2D eigenvalue weighted by Crippen LogP contribution is 2.18. The Morgan fingerprint density at radius 3 is 0.615 bits per heavy atom. The van der Waals surface area contributed by atoms with E-state index in [2.05, 4.69) is 20.8 Å². The summed E-state index contributed by atoms with van der Waals surface area (Å²) >= 11 is 0.